The Kier molecular flexibility index (Phi) is 4.06. The van der Waals surface area contributed by atoms with Gasteiger partial charge in [-0.25, -0.2) is 4.68 Å². The molecule has 2 saturated carbocycles. The zero-order valence-electron chi connectivity index (χ0n) is 15.6. The summed E-state index contributed by atoms with van der Waals surface area (Å²) >= 11 is 6.32. The van der Waals surface area contributed by atoms with E-state index >= 15 is 0 Å². The van der Waals surface area contributed by atoms with Gasteiger partial charge >= 0.3 is 0 Å². The Bertz CT molecular complexity index is 904. The van der Waals surface area contributed by atoms with E-state index < -0.39 is 0 Å². The molecular weight excluding hydrogens is 360 g/mol. The van der Waals surface area contributed by atoms with Crippen molar-refractivity contribution in [3.63, 3.8) is 0 Å². The quantitative estimate of drug-likeness (QED) is 0.880. The Hall–Kier alpha value is -1.85. The summed E-state index contributed by atoms with van der Waals surface area (Å²) in [6, 6.07) is 6.20. The molecule has 5 rings (SSSR count). The Morgan fingerprint density at radius 3 is 2.74 bits per heavy atom. The smallest absolute Gasteiger partial charge is 0.257 e. The topological polar surface area (TPSA) is 64.2 Å². The van der Waals surface area contributed by atoms with E-state index in [1.807, 2.05) is 34.7 Å². The number of rotatable bonds is 3. The van der Waals surface area contributed by atoms with Crippen LogP contribution in [0.25, 0.3) is 5.69 Å². The molecule has 142 valence electrons. The first-order valence-corrected chi connectivity index (χ1v) is 10.3. The van der Waals surface area contributed by atoms with Gasteiger partial charge in [-0.3, -0.25) is 4.79 Å². The van der Waals surface area contributed by atoms with E-state index in [1.165, 1.54) is 0 Å². The molecule has 3 aliphatic rings. The van der Waals surface area contributed by atoms with E-state index in [0.29, 0.717) is 17.8 Å². The summed E-state index contributed by atoms with van der Waals surface area (Å²) in [7, 11) is 0. The molecular formula is C21H25ClN4O. The van der Waals surface area contributed by atoms with Crippen molar-refractivity contribution in [3.8, 4) is 5.69 Å². The van der Waals surface area contributed by atoms with E-state index in [2.05, 4.69) is 5.10 Å². The number of nitrogens with two attached hydrogens (primary N) is 1. The largest absolute Gasteiger partial charge is 0.338 e. The highest BCUT2D eigenvalue weighted by Crippen LogP contribution is 2.44. The standard InChI is InChI=1S/C21H25ClN4O/c1-12-2-6-15(8-18(12)22)26-20(13-3-4-13)16(9-24-26)21(27)25-10-14-5-7-19(23)17(14)11-25/h2,6,8-9,13-14,17,19H,3-5,7,10-11,23H2,1H3. The molecule has 2 aliphatic carbocycles. The molecule has 0 radical (unpaired) electrons. The Balaban J connectivity index is 1.47. The number of aryl methyl sites for hydroxylation is 1. The maximum atomic E-state index is 13.3. The highest BCUT2D eigenvalue weighted by atomic mass is 35.5. The number of halogens is 1. The van der Waals surface area contributed by atoms with Crippen molar-refractivity contribution in [2.24, 2.45) is 17.6 Å². The van der Waals surface area contributed by atoms with Crippen molar-refractivity contribution in [1.29, 1.82) is 0 Å². The van der Waals surface area contributed by atoms with E-state index in [0.717, 1.165) is 66.3 Å². The predicted octanol–water partition coefficient (Wildman–Crippen LogP) is 3.52. The van der Waals surface area contributed by atoms with Crippen molar-refractivity contribution >= 4 is 17.5 Å². The van der Waals surface area contributed by atoms with Crippen LogP contribution < -0.4 is 5.73 Å². The van der Waals surface area contributed by atoms with Gasteiger partial charge in [0.2, 0.25) is 0 Å². The van der Waals surface area contributed by atoms with E-state index in [4.69, 9.17) is 17.3 Å². The van der Waals surface area contributed by atoms with Crippen LogP contribution in [0.5, 0.6) is 0 Å². The fourth-order valence-corrected chi connectivity index (χ4v) is 5.01. The lowest BCUT2D eigenvalue weighted by atomic mass is 9.98. The van der Waals surface area contributed by atoms with Crippen LogP contribution in [-0.4, -0.2) is 39.7 Å². The van der Waals surface area contributed by atoms with Gasteiger partial charge in [0.25, 0.3) is 5.91 Å². The van der Waals surface area contributed by atoms with Crippen LogP contribution in [0.4, 0.5) is 0 Å². The molecule has 1 amide bonds. The molecule has 2 heterocycles. The maximum Gasteiger partial charge on any atom is 0.257 e. The zero-order chi connectivity index (χ0) is 18.7. The summed E-state index contributed by atoms with van der Waals surface area (Å²) in [6.45, 7) is 3.61. The maximum absolute atomic E-state index is 13.3. The minimum Gasteiger partial charge on any atom is -0.338 e. The third kappa shape index (κ3) is 2.88. The van der Waals surface area contributed by atoms with Crippen molar-refractivity contribution < 1.29 is 4.79 Å². The fourth-order valence-electron chi connectivity index (χ4n) is 4.84. The molecule has 27 heavy (non-hydrogen) atoms. The normalized spacial score (nSPS) is 27.2. The Morgan fingerprint density at radius 2 is 2.04 bits per heavy atom. The molecule has 0 bridgehead atoms. The van der Waals surface area contributed by atoms with E-state index in [9.17, 15) is 4.79 Å². The molecule has 3 atom stereocenters. The van der Waals surface area contributed by atoms with Crippen LogP contribution in [0.2, 0.25) is 5.02 Å². The number of hydrogen-bond donors (Lipinski definition) is 1. The highest BCUT2D eigenvalue weighted by molar-refractivity contribution is 6.31. The minimum absolute atomic E-state index is 0.114. The van der Waals surface area contributed by atoms with Gasteiger partial charge in [-0.2, -0.15) is 5.10 Å². The number of carbonyl (C=O) groups is 1. The summed E-state index contributed by atoms with van der Waals surface area (Å²) in [5.41, 5.74) is 10.0. The van der Waals surface area contributed by atoms with Crippen LogP contribution in [0.1, 0.15) is 53.2 Å². The summed E-state index contributed by atoms with van der Waals surface area (Å²) < 4.78 is 1.92. The molecule has 2 N–H and O–H groups in total. The molecule has 1 aliphatic heterocycles. The van der Waals surface area contributed by atoms with Crippen molar-refractivity contribution in [2.75, 3.05) is 13.1 Å². The molecule has 3 unspecified atom stereocenters. The molecule has 3 fully saturated rings. The fraction of sp³-hybridized carbons (Fsp3) is 0.524. The van der Waals surface area contributed by atoms with Crippen molar-refractivity contribution in [1.82, 2.24) is 14.7 Å². The van der Waals surface area contributed by atoms with Gasteiger partial charge in [0.15, 0.2) is 0 Å². The van der Waals surface area contributed by atoms with Crippen LogP contribution in [0.3, 0.4) is 0 Å². The molecule has 1 aromatic heterocycles. The lowest BCUT2D eigenvalue weighted by Crippen LogP contribution is -2.33. The number of benzene rings is 1. The van der Waals surface area contributed by atoms with Crippen LogP contribution >= 0.6 is 11.6 Å². The van der Waals surface area contributed by atoms with Crippen LogP contribution in [-0.2, 0) is 0 Å². The molecule has 5 nitrogen and oxygen atoms in total. The second-order valence-electron chi connectivity index (χ2n) is 8.44. The Morgan fingerprint density at radius 1 is 1.22 bits per heavy atom. The molecule has 6 heteroatoms. The van der Waals surface area contributed by atoms with E-state index in [-0.39, 0.29) is 11.9 Å². The van der Waals surface area contributed by atoms with Crippen molar-refractivity contribution in [3.05, 3.63) is 46.2 Å². The first-order chi connectivity index (χ1) is 13.0. The van der Waals surface area contributed by atoms with Gasteiger partial charge in [0.1, 0.15) is 0 Å². The monoisotopic (exact) mass is 384 g/mol. The minimum atomic E-state index is 0.114. The zero-order valence-corrected chi connectivity index (χ0v) is 16.3. The molecule has 2 aromatic rings. The van der Waals surface area contributed by atoms with Gasteiger partial charge in [-0.15, -0.1) is 0 Å². The van der Waals surface area contributed by atoms with Gasteiger partial charge in [-0.1, -0.05) is 17.7 Å². The molecule has 1 saturated heterocycles. The SMILES string of the molecule is Cc1ccc(-n2ncc(C(=O)N3CC4CCC(N)C4C3)c2C2CC2)cc1Cl. The van der Waals surface area contributed by atoms with Gasteiger partial charge in [0.05, 0.1) is 23.1 Å². The van der Waals surface area contributed by atoms with Gasteiger partial charge in [-0.05, 0) is 62.1 Å². The summed E-state index contributed by atoms with van der Waals surface area (Å²) in [5, 5.41) is 5.31. The highest BCUT2D eigenvalue weighted by Gasteiger charge is 2.44. The summed E-state index contributed by atoms with van der Waals surface area (Å²) in [5.74, 6) is 1.56. The van der Waals surface area contributed by atoms with Gasteiger partial charge in [0, 0.05) is 30.1 Å². The number of aromatic nitrogens is 2. The predicted molar refractivity (Wildman–Crippen MR) is 105 cm³/mol. The first-order valence-electron chi connectivity index (χ1n) is 9.92. The average molecular weight is 385 g/mol. The third-order valence-electron chi connectivity index (χ3n) is 6.60. The summed E-state index contributed by atoms with van der Waals surface area (Å²) in [6.07, 6.45) is 6.21. The molecule has 1 aromatic carbocycles. The van der Waals surface area contributed by atoms with Crippen LogP contribution in [0.15, 0.2) is 24.4 Å². The summed E-state index contributed by atoms with van der Waals surface area (Å²) in [4.78, 5) is 15.3. The lowest BCUT2D eigenvalue weighted by Gasteiger charge is -2.19. The van der Waals surface area contributed by atoms with Crippen LogP contribution in [0, 0.1) is 18.8 Å². The Labute approximate surface area is 164 Å². The second-order valence-corrected chi connectivity index (χ2v) is 8.85. The number of carbonyl (C=O) groups excluding carboxylic acids is 1. The second kappa shape index (κ2) is 6.35. The number of amides is 1. The third-order valence-corrected chi connectivity index (χ3v) is 7.01. The number of likely N-dealkylation sites (tertiary alicyclic amines) is 1. The van der Waals surface area contributed by atoms with E-state index in [1.54, 1.807) is 6.20 Å². The first kappa shape index (κ1) is 17.3. The number of fused-ring (bicyclic) bond motifs is 1. The average Bonchev–Trinajstić information content (AvgIpc) is 3.11. The van der Waals surface area contributed by atoms with Crippen molar-refractivity contribution in [2.45, 2.75) is 44.6 Å². The van der Waals surface area contributed by atoms with Gasteiger partial charge < -0.3 is 10.6 Å². The molecule has 0 spiro atoms. The number of hydrogen-bond acceptors (Lipinski definition) is 3. The lowest BCUT2D eigenvalue weighted by molar-refractivity contribution is 0.0778. The number of nitrogens with zero attached hydrogens (tertiary/aromatic N) is 3.